The Bertz CT molecular complexity index is 900. The number of fused-ring (bicyclic) bond motifs is 1. The molecule has 1 amide bonds. The number of aromatic nitrogens is 2. The van der Waals surface area contributed by atoms with Crippen LogP contribution in [-0.2, 0) is 4.74 Å². The molecule has 0 saturated heterocycles. The quantitative estimate of drug-likeness (QED) is 0.737. The van der Waals surface area contributed by atoms with Crippen LogP contribution in [0.15, 0.2) is 47.1 Å². The average Bonchev–Trinajstić information content (AvgIpc) is 3.38. The molecule has 0 spiro atoms. The molecule has 0 radical (unpaired) electrons. The van der Waals surface area contributed by atoms with Gasteiger partial charge in [0.05, 0.1) is 26.0 Å². The second kappa shape index (κ2) is 6.68. The molecule has 3 aromatic rings. The summed E-state index contributed by atoms with van der Waals surface area (Å²) < 4.78 is 16.0. The van der Waals surface area contributed by atoms with E-state index in [4.69, 9.17) is 13.9 Å². The van der Waals surface area contributed by atoms with Crippen molar-refractivity contribution in [3.8, 4) is 17.2 Å². The first kappa shape index (κ1) is 16.4. The molecular formula is C19H19N3O4. The molecule has 1 aromatic carbocycles. The molecule has 7 nitrogen and oxygen atoms in total. The van der Waals surface area contributed by atoms with Gasteiger partial charge in [-0.3, -0.25) is 9.89 Å². The minimum Gasteiger partial charge on any atom is -0.497 e. The highest BCUT2D eigenvalue weighted by atomic mass is 16.5. The number of methoxy groups -OCH3 is 2. The standard InChI is InChI=1S/C19H19N3O4/c1-24-11-9-22-18(12-5-7-13(25-2)8-6-12)15-16(14-4-3-10-26-14)20-21-17(15)19(22)23/h3-8,10,18H,9,11H2,1-2H3,(H,20,21). The van der Waals surface area contributed by atoms with E-state index in [-0.39, 0.29) is 11.9 Å². The van der Waals surface area contributed by atoms with Crippen LogP contribution in [0.3, 0.4) is 0 Å². The molecule has 0 saturated carbocycles. The molecule has 3 heterocycles. The van der Waals surface area contributed by atoms with E-state index in [2.05, 4.69) is 10.2 Å². The van der Waals surface area contributed by atoms with E-state index in [0.29, 0.717) is 24.6 Å². The average molecular weight is 353 g/mol. The highest BCUT2D eigenvalue weighted by Crippen LogP contribution is 2.42. The molecule has 0 bridgehead atoms. The summed E-state index contributed by atoms with van der Waals surface area (Å²) in [6.07, 6.45) is 1.60. The molecule has 7 heteroatoms. The van der Waals surface area contributed by atoms with Gasteiger partial charge in [0.1, 0.15) is 11.4 Å². The van der Waals surface area contributed by atoms with Crippen molar-refractivity contribution >= 4 is 5.91 Å². The summed E-state index contributed by atoms with van der Waals surface area (Å²) in [5.41, 5.74) is 2.95. The Kier molecular flexibility index (Phi) is 4.22. The van der Waals surface area contributed by atoms with Gasteiger partial charge < -0.3 is 18.8 Å². The van der Waals surface area contributed by atoms with E-state index in [1.54, 1.807) is 25.4 Å². The van der Waals surface area contributed by atoms with Gasteiger partial charge in [-0.25, -0.2) is 0 Å². The summed E-state index contributed by atoms with van der Waals surface area (Å²) in [4.78, 5) is 14.7. The van der Waals surface area contributed by atoms with E-state index < -0.39 is 0 Å². The summed E-state index contributed by atoms with van der Waals surface area (Å²) in [5, 5.41) is 7.22. The third-order valence-electron chi connectivity index (χ3n) is 4.59. The van der Waals surface area contributed by atoms with Crippen LogP contribution in [-0.4, -0.2) is 48.4 Å². The minimum atomic E-state index is -0.266. The Morgan fingerprint density at radius 1 is 1.23 bits per heavy atom. The van der Waals surface area contributed by atoms with Gasteiger partial charge in [0, 0.05) is 19.2 Å². The normalized spacial score (nSPS) is 16.2. The minimum absolute atomic E-state index is 0.119. The Labute approximate surface area is 150 Å². The van der Waals surface area contributed by atoms with Crippen LogP contribution in [0, 0.1) is 0 Å². The first-order valence-corrected chi connectivity index (χ1v) is 8.30. The van der Waals surface area contributed by atoms with Gasteiger partial charge in [-0.1, -0.05) is 12.1 Å². The number of rotatable bonds is 6. The van der Waals surface area contributed by atoms with Gasteiger partial charge in [-0.2, -0.15) is 5.10 Å². The number of hydrogen-bond acceptors (Lipinski definition) is 5. The largest absolute Gasteiger partial charge is 0.497 e. The van der Waals surface area contributed by atoms with Gasteiger partial charge in [0.15, 0.2) is 11.5 Å². The van der Waals surface area contributed by atoms with Gasteiger partial charge in [-0.15, -0.1) is 0 Å². The summed E-state index contributed by atoms with van der Waals surface area (Å²) >= 11 is 0. The molecule has 0 aliphatic carbocycles. The van der Waals surface area contributed by atoms with Crippen molar-refractivity contribution in [2.75, 3.05) is 27.4 Å². The molecule has 1 atom stereocenters. The highest BCUT2D eigenvalue weighted by Gasteiger charge is 2.42. The fourth-order valence-corrected chi connectivity index (χ4v) is 3.35. The number of hydrogen-bond donors (Lipinski definition) is 1. The van der Waals surface area contributed by atoms with Crippen molar-refractivity contribution in [1.82, 2.24) is 15.1 Å². The van der Waals surface area contributed by atoms with Crippen molar-refractivity contribution in [3.63, 3.8) is 0 Å². The molecule has 1 N–H and O–H groups in total. The Morgan fingerprint density at radius 2 is 2.04 bits per heavy atom. The van der Waals surface area contributed by atoms with Crippen molar-refractivity contribution in [2.45, 2.75) is 6.04 Å². The first-order valence-electron chi connectivity index (χ1n) is 8.30. The zero-order valence-corrected chi connectivity index (χ0v) is 14.6. The molecule has 2 aromatic heterocycles. The predicted octanol–water partition coefficient (Wildman–Crippen LogP) is 2.87. The van der Waals surface area contributed by atoms with Crippen LogP contribution >= 0.6 is 0 Å². The number of H-pyrrole nitrogens is 1. The second-order valence-corrected chi connectivity index (χ2v) is 6.01. The Morgan fingerprint density at radius 3 is 2.69 bits per heavy atom. The van der Waals surface area contributed by atoms with Gasteiger partial charge in [0.2, 0.25) is 0 Å². The predicted molar refractivity (Wildman–Crippen MR) is 94.0 cm³/mol. The third-order valence-corrected chi connectivity index (χ3v) is 4.59. The number of benzene rings is 1. The second-order valence-electron chi connectivity index (χ2n) is 6.01. The van der Waals surface area contributed by atoms with Crippen molar-refractivity contribution in [1.29, 1.82) is 0 Å². The van der Waals surface area contributed by atoms with Gasteiger partial charge >= 0.3 is 0 Å². The van der Waals surface area contributed by atoms with Crippen molar-refractivity contribution < 1.29 is 18.7 Å². The molecular weight excluding hydrogens is 334 g/mol. The number of nitrogens with one attached hydrogen (secondary N) is 1. The number of nitrogens with zero attached hydrogens (tertiary/aromatic N) is 2. The maximum Gasteiger partial charge on any atom is 0.275 e. The van der Waals surface area contributed by atoms with Crippen LogP contribution in [0.4, 0.5) is 0 Å². The van der Waals surface area contributed by atoms with E-state index in [0.717, 1.165) is 22.6 Å². The molecule has 0 fully saturated rings. The zero-order valence-electron chi connectivity index (χ0n) is 14.6. The lowest BCUT2D eigenvalue weighted by Crippen LogP contribution is -2.32. The van der Waals surface area contributed by atoms with Gasteiger partial charge in [0.25, 0.3) is 5.91 Å². The molecule has 26 heavy (non-hydrogen) atoms. The zero-order chi connectivity index (χ0) is 18.1. The summed E-state index contributed by atoms with van der Waals surface area (Å²) in [5.74, 6) is 1.30. The number of amides is 1. The lowest BCUT2D eigenvalue weighted by atomic mass is 9.98. The van der Waals surface area contributed by atoms with E-state index in [9.17, 15) is 4.79 Å². The van der Waals surface area contributed by atoms with Crippen molar-refractivity contribution in [3.05, 3.63) is 59.5 Å². The fraction of sp³-hybridized carbons (Fsp3) is 0.263. The van der Waals surface area contributed by atoms with Crippen LogP contribution in [0.25, 0.3) is 11.5 Å². The van der Waals surface area contributed by atoms with Crippen LogP contribution < -0.4 is 4.74 Å². The number of furan rings is 1. The van der Waals surface area contributed by atoms with Crippen LogP contribution in [0.1, 0.15) is 27.7 Å². The maximum absolute atomic E-state index is 12.9. The lowest BCUT2D eigenvalue weighted by molar-refractivity contribution is 0.0677. The van der Waals surface area contributed by atoms with E-state index in [1.807, 2.05) is 36.4 Å². The van der Waals surface area contributed by atoms with E-state index in [1.165, 1.54) is 0 Å². The summed E-state index contributed by atoms with van der Waals surface area (Å²) in [7, 11) is 3.25. The first-order chi connectivity index (χ1) is 12.7. The number of carbonyl (C=O) groups is 1. The van der Waals surface area contributed by atoms with Gasteiger partial charge in [-0.05, 0) is 29.8 Å². The molecule has 4 rings (SSSR count). The number of carbonyl (C=O) groups excluding carboxylic acids is 1. The van der Waals surface area contributed by atoms with Crippen LogP contribution in [0.5, 0.6) is 5.75 Å². The summed E-state index contributed by atoms with van der Waals surface area (Å²) in [6.45, 7) is 0.919. The SMILES string of the molecule is COCCN1C(=O)c2n[nH]c(-c3ccco3)c2C1c1ccc(OC)cc1. The Hall–Kier alpha value is -3.06. The third kappa shape index (κ3) is 2.57. The molecule has 1 unspecified atom stereocenters. The number of aromatic amines is 1. The molecule has 1 aliphatic heterocycles. The van der Waals surface area contributed by atoms with E-state index >= 15 is 0 Å². The topological polar surface area (TPSA) is 80.6 Å². The smallest absolute Gasteiger partial charge is 0.275 e. The molecule has 1 aliphatic rings. The molecule has 134 valence electrons. The maximum atomic E-state index is 12.9. The van der Waals surface area contributed by atoms with Crippen LogP contribution in [0.2, 0.25) is 0 Å². The lowest BCUT2D eigenvalue weighted by Gasteiger charge is -2.26. The van der Waals surface area contributed by atoms with Crippen molar-refractivity contribution in [2.24, 2.45) is 0 Å². The highest BCUT2D eigenvalue weighted by molar-refractivity contribution is 5.99. The summed E-state index contributed by atoms with van der Waals surface area (Å²) in [6, 6.07) is 11.1. The monoisotopic (exact) mass is 353 g/mol. The number of ether oxygens (including phenoxy) is 2. The Balaban J connectivity index is 1.82. The fourth-order valence-electron chi connectivity index (χ4n) is 3.35.